The van der Waals surface area contributed by atoms with Gasteiger partial charge in [-0.25, -0.2) is 0 Å². The molecule has 1 aromatic heterocycles. The number of nitrogens with zero attached hydrogens (tertiary/aromatic N) is 2. The van der Waals surface area contributed by atoms with Crippen molar-refractivity contribution < 1.29 is 4.74 Å². The average molecular weight is 467 g/mol. The molecule has 3 aromatic carbocycles. The first kappa shape index (κ1) is 23.7. The van der Waals surface area contributed by atoms with E-state index in [0.717, 1.165) is 18.0 Å². The van der Waals surface area contributed by atoms with Crippen LogP contribution in [-0.4, -0.2) is 34.7 Å². The van der Waals surface area contributed by atoms with E-state index in [4.69, 9.17) is 4.74 Å². The van der Waals surface area contributed by atoms with Crippen LogP contribution < -0.4 is 4.74 Å². The Kier molecular flexibility index (Phi) is 6.23. The molecule has 0 unspecified atom stereocenters. The zero-order valence-corrected chi connectivity index (χ0v) is 21.8. The molecular weight excluding hydrogens is 428 g/mol. The molecule has 0 aliphatic carbocycles. The second kappa shape index (κ2) is 9.20. The van der Waals surface area contributed by atoms with Gasteiger partial charge in [-0.3, -0.25) is 4.90 Å². The van der Waals surface area contributed by atoms with Crippen LogP contribution in [0.2, 0.25) is 0 Å². The molecule has 0 N–H and O–H groups in total. The zero-order chi connectivity index (χ0) is 24.6. The maximum Gasteiger partial charge on any atom is 0.120 e. The summed E-state index contributed by atoms with van der Waals surface area (Å²) in [5.74, 6) is 0.926. The Bertz CT molecular complexity index is 1280. The highest BCUT2D eigenvalue weighted by molar-refractivity contribution is 5.87. The summed E-state index contributed by atoms with van der Waals surface area (Å²) in [5.41, 5.74) is 6.19. The SMILES string of the molecule is CC(C)(CN1CCCC1)Oc1ccc(-n2ccc3cc(-c4ccc(C(C)(C)C)cc4)ccc32)cc1. The lowest BCUT2D eigenvalue weighted by Gasteiger charge is -2.31. The Morgan fingerprint density at radius 1 is 0.743 bits per heavy atom. The predicted molar refractivity (Wildman–Crippen MR) is 148 cm³/mol. The van der Waals surface area contributed by atoms with E-state index < -0.39 is 0 Å². The van der Waals surface area contributed by atoms with Gasteiger partial charge in [0, 0.05) is 23.8 Å². The van der Waals surface area contributed by atoms with E-state index in [9.17, 15) is 0 Å². The summed E-state index contributed by atoms with van der Waals surface area (Å²) in [6.07, 6.45) is 4.77. The molecule has 1 aliphatic heterocycles. The summed E-state index contributed by atoms with van der Waals surface area (Å²) in [6, 6.07) is 26.4. The highest BCUT2D eigenvalue weighted by atomic mass is 16.5. The molecule has 0 spiro atoms. The van der Waals surface area contributed by atoms with E-state index in [-0.39, 0.29) is 11.0 Å². The summed E-state index contributed by atoms with van der Waals surface area (Å²) < 4.78 is 8.62. The van der Waals surface area contributed by atoms with Crippen molar-refractivity contribution in [1.82, 2.24) is 9.47 Å². The molecule has 0 atom stereocenters. The van der Waals surface area contributed by atoms with Crippen LogP contribution in [0.3, 0.4) is 0 Å². The molecule has 0 saturated carbocycles. The number of ether oxygens (including phenoxy) is 1. The van der Waals surface area contributed by atoms with E-state index in [1.54, 1.807) is 0 Å². The quantitative estimate of drug-likeness (QED) is 0.288. The Morgan fingerprint density at radius 2 is 1.40 bits per heavy atom. The number of rotatable bonds is 6. The summed E-state index contributed by atoms with van der Waals surface area (Å²) in [6.45, 7) is 14.5. The highest BCUT2D eigenvalue weighted by Crippen LogP contribution is 2.30. The number of benzene rings is 3. The average Bonchev–Trinajstić information content (AvgIpc) is 3.48. The molecule has 3 heteroatoms. The van der Waals surface area contributed by atoms with Crippen molar-refractivity contribution in [3.63, 3.8) is 0 Å². The van der Waals surface area contributed by atoms with E-state index in [1.807, 2.05) is 0 Å². The first-order chi connectivity index (χ1) is 16.7. The van der Waals surface area contributed by atoms with Gasteiger partial charge in [-0.2, -0.15) is 0 Å². The molecule has 0 radical (unpaired) electrons. The van der Waals surface area contributed by atoms with E-state index >= 15 is 0 Å². The van der Waals surface area contributed by atoms with Crippen molar-refractivity contribution in [1.29, 1.82) is 0 Å². The van der Waals surface area contributed by atoms with Crippen molar-refractivity contribution in [2.75, 3.05) is 19.6 Å². The van der Waals surface area contributed by atoms with E-state index in [2.05, 4.69) is 123 Å². The molecule has 1 fully saturated rings. The lowest BCUT2D eigenvalue weighted by Crippen LogP contribution is -2.41. The van der Waals surface area contributed by atoms with Gasteiger partial charge >= 0.3 is 0 Å². The summed E-state index contributed by atoms with van der Waals surface area (Å²) >= 11 is 0. The van der Waals surface area contributed by atoms with Gasteiger partial charge < -0.3 is 9.30 Å². The van der Waals surface area contributed by atoms with Crippen molar-refractivity contribution in [2.45, 2.75) is 58.5 Å². The third-order valence-electron chi connectivity index (χ3n) is 7.09. The highest BCUT2D eigenvalue weighted by Gasteiger charge is 2.25. The lowest BCUT2D eigenvalue weighted by molar-refractivity contribution is 0.0684. The first-order valence-electron chi connectivity index (χ1n) is 12.9. The fraction of sp³-hybridized carbons (Fsp3) is 0.375. The molecular formula is C32H38N2O. The zero-order valence-electron chi connectivity index (χ0n) is 21.8. The summed E-state index contributed by atoms with van der Waals surface area (Å²) in [4.78, 5) is 2.51. The third-order valence-corrected chi connectivity index (χ3v) is 7.09. The second-order valence-corrected chi connectivity index (χ2v) is 11.6. The van der Waals surface area contributed by atoms with Crippen LogP contribution in [0.15, 0.2) is 79.0 Å². The van der Waals surface area contributed by atoms with Gasteiger partial charge in [0.25, 0.3) is 0 Å². The number of hydrogen-bond donors (Lipinski definition) is 0. The van der Waals surface area contributed by atoms with Gasteiger partial charge in [-0.05, 0) is 104 Å². The molecule has 4 aromatic rings. The number of fused-ring (bicyclic) bond motifs is 1. The fourth-order valence-electron chi connectivity index (χ4n) is 5.22. The largest absolute Gasteiger partial charge is 0.487 e. The smallest absolute Gasteiger partial charge is 0.120 e. The number of likely N-dealkylation sites (tertiary alicyclic amines) is 1. The Labute approximate surface area is 210 Å². The fourth-order valence-corrected chi connectivity index (χ4v) is 5.22. The van der Waals surface area contributed by atoms with Crippen LogP contribution in [0.25, 0.3) is 27.7 Å². The predicted octanol–water partition coefficient (Wildman–Crippen LogP) is 7.85. The minimum absolute atomic E-state index is 0.171. The van der Waals surface area contributed by atoms with Crippen molar-refractivity contribution in [2.24, 2.45) is 0 Å². The maximum atomic E-state index is 6.37. The van der Waals surface area contributed by atoms with E-state index in [1.165, 1.54) is 53.5 Å². The topological polar surface area (TPSA) is 17.4 Å². The van der Waals surface area contributed by atoms with E-state index in [0.29, 0.717) is 0 Å². The number of hydrogen-bond acceptors (Lipinski definition) is 2. The van der Waals surface area contributed by atoms with Crippen molar-refractivity contribution in [3.8, 4) is 22.6 Å². The summed E-state index contributed by atoms with van der Waals surface area (Å²) in [7, 11) is 0. The van der Waals surface area contributed by atoms with Crippen LogP contribution in [0.1, 0.15) is 53.0 Å². The van der Waals surface area contributed by atoms with Crippen LogP contribution in [-0.2, 0) is 5.41 Å². The maximum absolute atomic E-state index is 6.37. The Hall–Kier alpha value is -3.04. The molecule has 1 saturated heterocycles. The molecule has 0 amide bonds. The standard InChI is InChI=1S/C32H38N2O/c1-31(2,3)27-11-8-24(9-12-27)25-10-17-30-26(22-25)18-21-34(30)28-13-15-29(16-14-28)35-32(4,5)23-33-19-6-7-20-33/h8-18,21-22H,6-7,19-20,23H2,1-5H3. The normalized spacial score (nSPS) is 15.1. The monoisotopic (exact) mass is 466 g/mol. The first-order valence-corrected chi connectivity index (χ1v) is 12.9. The van der Waals surface area contributed by atoms with Gasteiger partial charge in [0.15, 0.2) is 0 Å². The lowest BCUT2D eigenvalue weighted by atomic mass is 9.86. The summed E-state index contributed by atoms with van der Waals surface area (Å²) in [5, 5.41) is 1.24. The molecule has 2 heterocycles. The van der Waals surface area contributed by atoms with Crippen LogP contribution in [0.4, 0.5) is 0 Å². The van der Waals surface area contributed by atoms with Gasteiger partial charge in [-0.1, -0.05) is 51.1 Å². The molecule has 5 rings (SSSR count). The van der Waals surface area contributed by atoms with Crippen LogP contribution >= 0.6 is 0 Å². The molecule has 1 aliphatic rings. The minimum Gasteiger partial charge on any atom is -0.487 e. The van der Waals surface area contributed by atoms with Gasteiger partial charge in [0.1, 0.15) is 11.4 Å². The Morgan fingerprint density at radius 3 is 2.06 bits per heavy atom. The minimum atomic E-state index is -0.201. The van der Waals surface area contributed by atoms with Gasteiger partial charge in [0.2, 0.25) is 0 Å². The van der Waals surface area contributed by atoms with Gasteiger partial charge in [0.05, 0.1) is 5.52 Å². The second-order valence-electron chi connectivity index (χ2n) is 11.6. The molecule has 3 nitrogen and oxygen atoms in total. The Balaban J connectivity index is 1.33. The van der Waals surface area contributed by atoms with Crippen LogP contribution in [0, 0.1) is 0 Å². The number of aromatic nitrogens is 1. The van der Waals surface area contributed by atoms with Gasteiger partial charge in [-0.15, -0.1) is 0 Å². The van der Waals surface area contributed by atoms with Crippen molar-refractivity contribution in [3.05, 3.63) is 84.6 Å². The van der Waals surface area contributed by atoms with Crippen molar-refractivity contribution >= 4 is 10.9 Å². The van der Waals surface area contributed by atoms with Crippen LogP contribution in [0.5, 0.6) is 5.75 Å². The third kappa shape index (κ3) is 5.31. The molecule has 0 bridgehead atoms. The molecule has 182 valence electrons. The molecule has 35 heavy (non-hydrogen) atoms.